The van der Waals surface area contributed by atoms with Gasteiger partial charge < -0.3 is 14.5 Å². The minimum absolute atomic E-state index is 0.0592. The van der Waals surface area contributed by atoms with Crippen LogP contribution in [0.1, 0.15) is 20.7 Å². The van der Waals surface area contributed by atoms with E-state index in [1.165, 1.54) is 18.2 Å². The van der Waals surface area contributed by atoms with E-state index in [9.17, 15) is 14.0 Å². The van der Waals surface area contributed by atoms with Gasteiger partial charge in [0.15, 0.2) is 0 Å². The van der Waals surface area contributed by atoms with Crippen LogP contribution in [0.3, 0.4) is 0 Å². The smallest absolute Gasteiger partial charge is 0.255 e. The number of benzene rings is 2. The normalized spacial score (nSPS) is 14.3. The largest absolute Gasteiger partial charge is 0.497 e. The molecule has 0 N–H and O–H groups in total. The van der Waals surface area contributed by atoms with Crippen molar-refractivity contribution in [2.75, 3.05) is 33.3 Å². The number of carbonyl (C=O) groups excluding carboxylic acids is 2. The van der Waals surface area contributed by atoms with Crippen molar-refractivity contribution in [2.24, 2.45) is 0 Å². The lowest BCUT2D eigenvalue weighted by Crippen LogP contribution is -2.50. The molecule has 1 heterocycles. The van der Waals surface area contributed by atoms with E-state index in [-0.39, 0.29) is 17.6 Å². The molecular weight excluding hydrogens is 450 g/mol. The average Bonchev–Trinajstić information content (AvgIpc) is 2.67. The summed E-state index contributed by atoms with van der Waals surface area (Å²) in [4.78, 5) is 28.6. The number of halogens is 2. The van der Waals surface area contributed by atoms with Gasteiger partial charge in [0.05, 0.1) is 12.7 Å². The topological polar surface area (TPSA) is 49.9 Å². The Labute approximate surface area is 164 Å². The van der Waals surface area contributed by atoms with Crippen molar-refractivity contribution in [1.82, 2.24) is 9.80 Å². The summed E-state index contributed by atoms with van der Waals surface area (Å²) in [5, 5.41) is 0. The number of carbonyl (C=O) groups is 2. The van der Waals surface area contributed by atoms with Crippen molar-refractivity contribution >= 4 is 34.4 Å². The first kappa shape index (κ1) is 18.6. The van der Waals surface area contributed by atoms with Gasteiger partial charge >= 0.3 is 0 Å². The summed E-state index contributed by atoms with van der Waals surface area (Å²) in [7, 11) is 1.58. The highest BCUT2D eigenvalue weighted by molar-refractivity contribution is 14.1. The Bertz CT molecular complexity index is 818. The van der Waals surface area contributed by atoms with Crippen LogP contribution in [0.2, 0.25) is 0 Å². The summed E-state index contributed by atoms with van der Waals surface area (Å²) >= 11 is 1.96. The fraction of sp³-hybridized carbons (Fsp3) is 0.263. The Kier molecular flexibility index (Phi) is 5.75. The fourth-order valence-corrected chi connectivity index (χ4v) is 3.57. The molecule has 0 unspecified atom stereocenters. The fourth-order valence-electron chi connectivity index (χ4n) is 2.86. The van der Waals surface area contributed by atoms with Gasteiger partial charge in [-0.2, -0.15) is 0 Å². The third kappa shape index (κ3) is 3.98. The minimum Gasteiger partial charge on any atom is -0.497 e. The van der Waals surface area contributed by atoms with E-state index < -0.39 is 0 Å². The van der Waals surface area contributed by atoms with Crippen LogP contribution in [0.4, 0.5) is 4.39 Å². The molecule has 7 heteroatoms. The zero-order valence-electron chi connectivity index (χ0n) is 14.2. The lowest BCUT2D eigenvalue weighted by atomic mass is 10.1. The van der Waals surface area contributed by atoms with Crippen molar-refractivity contribution in [3.8, 4) is 5.75 Å². The molecule has 0 spiro atoms. The Morgan fingerprint density at radius 1 is 0.962 bits per heavy atom. The Morgan fingerprint density at radius 3 is 2.08 bits per heavy atom. The first-order chi connectivity index (χ1) is 12.5. The Balaban J connectivity index is 1.63. The monoisotopic (exact) mass is 468 g/mol. The van der Waals surface area contributed by atoms with Gasteiger partial charge in [-0.05, 0) is 65.1 Å². The summed E-state index contributed by atoms with van der Waals surface area (Å²) < 4.78 is 18.9. The second-order valence-corrected chi connectivity index (χ2v) is 7.10. The summed E-state index contributed by atoms with van der Waals surface area (Å²) in [6.07, 6.45) is 0. The number of piperazine rings is 1. The molecular formula is C19H18FIN2O3. The van der Waals surface area contributed by atoms with E-state index in [1.54, 1.807) is 41.2 Å². The third-order valence-corrected chi connectivity index (χ3v) is 5.25. The summed E-state index contributed by atoms with van der Waals surface area (Å²) in [6.45, 7) is 1.84. The molecule has 0 aromatic heterocycles. The van der Waals surface area contributed by atoms with Crippen molar-refractivity contribution < 1.29 is 18.7 Å². The SMILES string of the molecule is COc1ccc(C(=O)N2CCN(C(=O)c3ccc(F)cc3I)CC2)cc1. The van der Waals surface area contributed by atoms with E-state index in [1.807, 2.05) is 22.6 Å². The standard InChI is InChI=1S/C19H18FIN2O3/c1-26-15-5-2-13(3-6-15)18(24)22-8-10-23(11-9-22)19(25)16-7-4-14(20)12-17(16)21/h2-7,12H,8-11H2,1H3. The van der Waals surface area contributed by atoms with Crippen LogP contribution in [0.15, 0.2) is 42.5 Å². The van der Waals surface area contributed by atoms with Crippen molar-refractivity contribution in [2.45, 2.75) is 0 Å². The van der Waals surface area contributed by atoms with Crippen LogP contribution in [-0.2, 0) is 0 Å². The lowest BCUT2D eigenvalue weighted by Gasteiger charge is -2.35. The number of nitrogens with zero attached hydrogens (tertiary/aromatic N) is 2. The first-order valence-electron chi connectivity index (χ1n) is 8.17. The highest BCUT2D eigenvalue weighted by Gasteiger charge is 2.26. The quantitative estimate of drug-likeness (QED) is 0.651. The molecule has 1 aliphatic rings. The number of amides is 2. The maximum absolute atomic E-state index is 13.2. The maximum atomic E-state index is 13.2. The first-order valence-corrected chi connectivity index (χ1v) is 9.25. The highest BCUT2D eigenvalue weighted by atomic mass is 127. The molecule has 5 nitrogen and oxygen atoms in total. The molecule has 136 valence electrons. The van der Waals surface area contributed by atoms with Gasteiger partial charge in [0.25, 0.3) is 11.8 Å². The van der Waals surface area contributed by atoms with Gasteiger partial charge in [0, 0.05) is 35.3 Å². The molecule has 1 fully saturated rings. The van der Waals surface area contributed by atoms with E-state index in [2.05, 4.69) is 0 Å². The highest BCUT2D eigenvalue weighted by Crippen LogP contribution is 2.18. The summed E-state index contributed by atoms with van der Waals surface area (Å²) in [5.41, 5.74) is 1.08. The summed E-state index contributed by atoms with van der Waals surface area (Å²) in [5.74, 6) is 0.147. The molecule has 0 aliphatic carbocycles. The number of hydrogen-bond donors (Lipinski definition) is 0. The molecule has 1 aliphatic heterocycles. The lowest BCUT2D eigenvalue weighted by molar-refractivity contribution is 0.0535. The van der Waals surface area contributed by atoms with E-state index in [0.717, 1.165) is 0 Å². The molecule has 2 aromatic carbocycles. The van der Waals surface area contributed by atoms with Crippen LogP contribution >= 0.6 is 22.6 Å². The number of methoxy groups -OCH3 is 1. The molecule has 0 bridgehead atoms. The van der Waals surface area contributed by atoms with E-state index in [4.69, 9.17) is 4.74 Å². The van der Waals surface area contributed by atoms with Crippen LogP contribution in [0.25, 0.3) is 0 Å². The second kappa shape index (κ2) is 8.03. The average molecular weight is 468 g/mol. The molecule has 0 atom stereocenters. The number of ether oxygens (including phenoxy) is 1. The van der Waals surface area contributed by atoms with Crippen molar-refractivity contribution in [3.63, 3.8) is 0 Å². The zero-order valence-corrected chi connectivity index (χ0v) is 16.4. The van der Waals surface area contributed by atoms with Gasteiger partial charge in [-0.1, -0.05) is 0 Å². The van der Waals surface area contributed by atoms with Gasteiger partial charge in [-0.25, -0.2) is 4.39 Å². The summed E-state index contributed by atoms with van der Waals surface area (Å²) in [6, 6.07) is 11.1. The maximum Gasteiger partial charge on any atom is 0.255 e. The number of rotatable bonds is 3. The van der Waals surface area contributed by atoms with Crippen molar-refractivity contribution in [3.05, 3.63) is 63.0 Å². The van der Waals surface area contributed by atoms with E-state index >= 15 is 0 Å². The zero-order chi connectivity index (χ0) is 18.7. The van der Waals surface area contributed by atoms with Gasteiger partial charge in [-0.15, -0.1) is 0 Å². The molecule has 26 heavy (non-hydrogen) atoms. The minimum atomic E-state index is -0.360. The predicted molar refractivity (Wildman–Crippen MR) is 104 cm³/mol. The molecule has 0 radical (unpaired) electrons. The molecule has 0 saturated carbocycles. The third-order valence-electron chi connectivity index (χ3n) is 4.35. The van der Waals surface area contributed by atoms with Crippen LogP contribution in [0.5, 0.6) is 5.75 Å². The van der Waals surface area contributed by atoms with Crippen molar-refractivity contribution in [1.29, 1.82) is 0 Å². The van der Waals surface area contributed by atoms with Crippen LogP contribution in [-0.4, -0.2) is 54.9 Å². The second-order valence-electron chi connectivity index (χ2n) is 5.94. The Hall–Kier alpha value is -2.16. The van der Waals surface area contributed by atoms with Gasteiger partial charge in [0.2, 0.25) is 0 Å². The molecule has 1 saturated heterocycles. The van der Waals surface area contributed by atoms with Crippen LogP contribution in [0, 0.1) is 9.39 Å². The molecule has 2 amide bonds. The van der Waals surface area contributed by atoms with Gasteiger partial charge in [0.1, 0.15) is 11.6 Å². The Morgan fingerprint density at radius 2 is 1.54 bits per heavy atom. The number of hydrogen-bond acceptors (Lipinski definition) is 3. The molecule has 2 aromatic rings. The predicted octanol–water partition coefficient (Wildman–Crippen LogP) is 3.04. The molecule has 3 rings (SSSR count). The van der Waals surface area contributed by atoms with Crippen LogP contribution < -0.4 is 4.74 Å². The van der Waals surface area contributed by atoms with E-state index in [0.29, 0.717) is 46.6 Å². The van der Waals surface area contributed by atoms with Gasteiger partial charge in [-0.3, -0.25) is 9.59 Å².